The van der Waals surface area contributed by atoms with Crippen molar-refractivity contribution in [3.63, 3.8) is 0 Å². The molecule has 2 N–H and O–H groups in total. The zero-order valence-corrected chi connectivity index (χ0v) is 19.3. The fourth-order valence-corrected chi connectivity index (χ4v) is 4.03. The number of nitrogens with one attached hydrogen (secondary N) is 2. The molecular weight excluding hydrogens is 390 g/mol. The molecule has 0 saturated carbocycles. The van der Waals surface area contributed by atoms with Crippen molar-refractivity contribution in [1.82, 2.24) is 25.4 Å². The number of hydrogen-bond acceptors (Lipinski definition) is 5. The zero-order chi connectivity index (χ0) is 21.9. The summed E-state index contributed by atoms with van der Waals surface area (Å²) in [5.74, 6) is 2.18. The lowest BCUT2D eigenvalue weighted by atomic mass is 10.2. The van der Waals surface area contributed by atoms with Crippen molar-refractivity contribution in [3.8, 4) is 0 Å². The minimum absolute atomic E-state index is 0.312. The van der Waals surface area contributed by atoms with E-state index in [1.54, 1.807) is 0 Å². The first-order valence-corrected chi connectivity index (χ1v) is 11.8. The highest BCUT2D eigenvalue weighted by molar-refractivity contribution is 5.79. The highest BCUT2D eigenvalue weighted by Crippen LogP contribution is 2.15. The van der Waals surface area contributed by atoms with Crippen molar-refractivity contribution in [3.05, 3.63) is 23.9 Å². The quantitative estimate of drug-likeness (QED) is 0.372. The molecule has 0 atom stereocenters. The van der Waals surface area contributed by atoms with Gasteiger partial charge in [0.1, 0.15) is 5.82 Å². The number of anilines is 1. The maximum absolute atomic E-state index is 12.1. The fraction of sp³-hybridized carbons (Fsp3) is 0.696. The Bertz CT molecular complexity index is 716. The fourth-order valence-electron chi connectivity index (χ4n) is 4.03. The predicted molar refractivity (Wildman–Crippen MR) is 126 cm³/mol. The van der Waals surface area contributed by atoms with E-state index >= 15 is 0 Å². The van der Waals surface area contributed by atoms with Gasteiger partial charge in [0.25, 0.3) is 0 Å². The first-order valence-electron chi connectivity index (χ1n) is 11.8. The van der Waals surface area contributed by atoms with Crippen LogP contribution in [0.3, 0.4) is 0 Å². The maximum atomic E-state index is 12.1. The molecule has 8 heteroatoms. The summed E-state index contributed by atoms with van der Waals surface area (Å²) in [6.07, 6.45) is 6.86. The van der Waals surface area contributed by atoms with Crippen molar-refractivity contribution in [2.45, 2.75) is 45.6 Å². The Hall–Kier alpha value is -2.35. The van der Waals surface area contributed by atoms with E-state index in [-0.39, 0.29) is 0 Å². The van der Waals surface area contributed by atoms with Crippen LogP contribution in [0.25, 0.3) is 0 Å². The maximum Gasteiger partial charge on any atom is 0.222 e. The Labute approximate surface area is 187 Å². The smallest absolute Gasteiger partial charge is 0.222 e. The molecular formula is C23H39N7O. The Morgan fingerprint density at radius 2 is 1.97 bits per heavy atom. The van der Waals surface area contributed by atoms with E-state index in [1.165, 1.54) is 6.42 Å². The van der Waals surface area contributed by atoms with Crippen LogP contribution < -0.4 is 15.5 Å². The number of likely N-dealkylation sites (N-methyl/N-ethyl adjacent to an activating group) is 1. The second kappa shape index (κ2) is 12.5. The lowest BCUT2D eigenvalue weighted by molar-refractivity contribution is -0.130. The third-order valence-corrected chi connectivity index (χ3v) is 5.97. The average molecular weight is 430 g/mol. The van der Waals surface area contributed by atoms with Crippen LogP contribution in [-0.2, 0) is 11.3 Å². The molecule has 1 aromatic heterocycles. The van der Waals surface area contributed by atoms with Crippen molar-refractivity contribution < 1.29 is 4.79 Å². The van der Waals surface area contributed by atoms with Crippen LogP contribution >= 0.6 is 0 Å². The van der Waals surface area contributed by atoms with E-state index in [0.717, 1.165) is 89.0 Å². The number of carbonyl (C=O) groups excluding carboxylic acids is 1. The Morgan fingerprint density at radius 1 is 1.13 bits per heavy atom. The van der Waals surface area contributed by atoms with Gasteiger partial charge in [-0.3, -0.25) is 4.79 Å². The highest BCUT2D eigenvalue weighted by atomic mass is 16.2. The van der Waals surface area contributed by atoms with Gasteiger partial charge in [-0.2, -0.15) is 0 Å². The molecule has 172 valence electrons. The van der Waals surface area contributed by atoms with Gasteiger partial charge < -0.3 is 25.3 Å². The number of amides is 1. The molecule has 0 spiro atoms. The van der Waals surface area contributed by atoms with Crippen LogP contribution in [0.15, 0.2) is 23.3 Å². The van der Waals surface area contributed by atoms with E-state index < -0.39 is 0 Å². The summed E-state index contributed by atoms with van der Waals surface area (Å²) in [5.41, 5.74) is 1.16. The van der Waals surface area contributed by atoms with Crippen molar-refractivity contribution in [2.75, 3.05) is 64.3 Å². The summed E-state index contributed by atoms with van der Waals surface area (Å²) in [7, 11) is 2.16. The second-order valence-corrected chi connectivity index (χ2v) is 8.48. The lowest BCUT2D eigenvalue weighted by Gasteiger charge is -2.33. The van der Waals surface area contributed by atoms with Gasteiger partial charge in [-0.15, -0.1) is 0 Å². The molecule has 0 unspecified atom stereocenters. The number of pyridine rings is 1. The summed E-state index contributed by atoms with van der Waals surface area (Å²) in [6.45, 7) is 10.2. The number of nitrogens with zero attached hydrogens (tertiary/aromatic N) is 5. The third kappa shape index (κ3) is 7.69. The van der Waals surface area contributed by atoms with Crippen molar-refractivity contribution >= 4 is 17.7 Å². The number of likely N-dealkylation sites (tertiary alicyclic amines) is 1. The van der Waals surface area contributed by atoms with Crippen molar-refractivity contribution in [2.24, 2.45) is 4.99 Å². The lowest BCUT2D eigenvalue weighted by Crippen LogP contribution is -2.44. The van der Waals surface area contributed by atoms with Gasteiger partial charge in [-0.05, 0) is 50.9 Å². The summed E-state index contributed by atoms with van der Waals surface area (Å²) < 4.78 is 0. The topological polar surface area (TPSA) is 76.1 Å². The Morgan fingerprint density at radius 3 is 2.77 bits per heavy atom. The molecule has 2 saturated heterocycles. The van der Waals surface area contributed by atoms with Crippen LogP contribution in [0.4, 0.5) is 5.82 Å². The standard InChI is InChI=1S/C23H39N7O/c1-3-24-23(26-10-7-13-30-12-6-4-5-8-22(30)31)27-19-20-9-11-25-21(18-20)29-16-14-28(2)15-17-29/h9,11,18H,3-8,10,12-17,19H2,1-2H3,(H2,24,26,27). The SMILES string of the molecule is CCNC(=NCc1ccnc(N2CCN(C)CC2)c1)NCCCN1CCCCCC1=O. The average Bonchev–Trinajstić information content (AvgIpc) is 2.99. The number of aromatic nitrogens is 1. The van der Waals surface area contributed by atoms with Gasteiger partial charge in [0.15, 0.2) is 5.96 Å². The molecule has 2 fully saturated rings. The molecule has 0 aromatic carbocycles. The Balaban J connectivity index is 1.47. The number of hydrogen-bond donors (Lipinski definition) is 2. The van der Waals surface area contributed by atoms with Crippen LogP contribution in [0.1, 0.15) is 44.6 Å². The van der Waals surface area contributed by atoms with E-state index in [1.807, 2.05) is 17.2 Å². The van der Waals surface area contributed by atoms with Crippen LogP contribution in [-0.4, -0.2) is 86.1 Å². The molecule has 1 amide bonds. The first kappa shape index (κ1) is 23.3. The van der Waals surface area contributed by atoms with E-state index in [4.69, 9.17) is 4.99 Å². The predicted octanol–water partition coefficient (Wildman–Crippen LogP) is 1.68. The van der Waals surface area contributed by atoms with E-state index in [0.29, 0.717) is 18.9 Å². The number of aliphatic imine (C=N–C) groups is 1. The second-order valence-electron chi connectivity index (χ2n) is 8.48. The van der Waals surface area contributed by atoms with Gasteiger partial charge >= 0.3 is 0 Å². The summed E-state index contributed by atoms with van der Waals surface area (Å²) in [4.78, 5) is 28.2. The molecule has 0 bridgehead atoms. The van der Waals surface area contributed by atoms with Crippen molar-refractivity contribution in [1.29, 1.82) is 0 Å². The van der Waals surface area contributed by atoms with Gasteiger partial charge in [-0.1, -0.05) is 6.42 Å². The molecule has 3 heterocycles. The van der Waals surface area contributed by atoms with Gasteiger partial charge in [0.2, 0.25) is 5.91 Å². The normalized spacial score (nSPS) is 18.8. The monoisotopic (exact) mass is 429 g/mol. The minimum atomic E-state index is 0.312. The molecule has 3 rings (SSSR count). The molecule has 2 aliphatic heterocycles. The number of rotatable bonds is 8. The third-order valence-electron chi connectivity index (χ3n) is 5.97. The molecule has 1 aromatic rings. The first-order chi connectivity index (χ1) is 15.2. The van der Waals surface area contributed by atoms with Gasteiger partial charge in [0.05, 0.1) is 6.54 Å². The number of piperazine rings is 1. The zero-order valence-electron chi connectivity index (χ0n) is 19.3. The molecule has 0 aliphatic carbocycles. The number of guanidine groups is 1. The summed E-state index contributed by atoms with van der Waals surface area (Å²) in [5, 5.41) is 6.73. The van der Waals surface area contributed by atoms with Crippen LogP contribution in [0.2, 0.25) is 0 Å². The summed E-state index contributed by atoms with van der Waals surface area (Å²) >= 11 is 0. The van der Waals surface area contributed by atoms with E-state index in [2.05, 4.69) is 45.5 Å². The minimum Gasteiger partial charge on any atom is -0.357 e. The summed E-state index contributed by atoms with van der Waals surface area (Å²) in [6, 6.07) is 4.20. The van der Waals surface area contributed by atoms with Gasteiger partial charge in [0, 0.05) is 65.0 Å². The van der Waals surface area contributed by atoms with E-state index in [9.17, 15) is 4.79 Å². The van der Waals surface area contributed by atoms with Gasteiger partial charge in [-0.25, -0.2) is 9.98 Å². The molecule has 0 radical (unpaired) electrons. The molecule has 31 heavy (non-hydrogen) atoms. The van der Waals surface area contributed by atoms with Crippen LogP contribution in [0.5, 0.6) is 0 Å². The number of carbonyl (C=O) groups is 1. The van der Waals surface area contributed by atoms with Crippen LogP contribution in [0, 0.1) is 0 Å². The molecule has 2 aliphatic rings. The highest BCUT2D eigenvalue weighted by Gasteiger charge is 2.16. The Kier molecular flexibility index (Phi) is 9.39. The molecule has 8 nitrogen and oxygen atoms in total. The largest absolute Gasteiger partial charge is 0.357 e.